The lowest BCUT2D eigenvalue weighted by molar-refractivity contribution is -0.137. The van der Waals surface area contributed by atoms with Crippen LogP contribution < -0.4 is 9.47 Å². The fourth-order valence-electron chi connectivity index (χ4n) is 4.70. The Morgan fingerprint density at radius 3 is 2.76 bits per heavy atom. The van der Waals surface area contributed by atoms with Crippen LogP contribution in [-0.2, 0) is 21.4 Å². The molecule has 8 nitrogen and oxygen atoms in total. The normalized spacial score (nSPS) is 20.7. The average molecular weight is 470 g/mol. The molecule has 0 bridgehead atoms. The van der Waals surface area contributed by atoms with Crippen molar-refractivity contribution in [2.24, 2.45) is 10.3 Å². The van der Waals surface area contributed by atoms with E-state index in [2.05, 4.69) is 4.40 Å². The Morgan fingerprint density at radius 2 is 1.94 bits per heavy atom. The van der Waals surface area contributed by atoms with E-state index in [0.29, 0.717) is 56.5 Å². The zero-order chi connectivity index (χ0) is 23.0. The van der Waals surface area contributed by atoms with Gasteiger partial charge in [-0.3, -0.25) is 4.79 Å². The number of benzene rings is 2. The minimum Gasteiger partial charge on any atom is -0.486 e. The monoisotopic (exact) mass is 469 g/mol. The number of hydrogen-bond donors (Lipinski definition) is 0. The number of likely N-dealkylation sites (tertiary alicyclic amines) is 1. The van der Waals surface area contributed by atoms with Gasteiger partial charge in [-0.15, -0.1) is 4.40 Å². The summed E-state index contributed by atoms with van der Waals surface area (Å²) in [5, 5.41) is 0. The van der Waals surface area contributed by atoms with Gasteiger partial charge in [0.2, 0.25) is 5.91 Å². The van der Waals surface area contributed by atoms with Crippen molar-refractivity contribution in [3.05, 3.63) is 53.6 Å². The van der Waals surface area contributed by atoms with Gasteiger partial charge in [-0.25, -0.2) is 0 Å². The summed E-state index contributed by atoms with van der Waals surface area (Å²) in [5.41, 5.74) is 1.61. The Balaban J connectivity index is 1.31. The molecular formula is C24H27N3O5S. The van der Waals surface area contributed by atoms with Gasteiger partial charge in [0.05, 0.1) is 5.92 Å². The van der Waals surface area contributed by atoms with Crippen molar-refractivity contribution < 1.29 is 22.7 Å². The summed E-state index contributed by atoms with van der Waals surface area (Å²) in [6.07, 6.45) is 1.58. The number of piperidine rings is 1. The van der Waals surface area contributed by atoms with Crippen LogP contribution in [0.15, 0.2) is 51.8 Å². The molecule has 174 valence electrons. The minimum absolute atomic E-state index is 0.0758. The molecule has 1 fully saturated rings. The number of amides is 1. The second kappa shape index (κ2) is 8.70. The fourth-order valence-corrected chi connectivity index (χ4v) is 5.93. The zero-order valence-electron chi connectivity index (χ0n) is 18.6. The van der Waals surface area contributed by atoms with E-state index < -0.39 is 10.0 Å². The van der Waals surface area contributed by atoms with Gasteiger partial charge in [0.1, 0.15) is 18.1 Å². The van der Waals surface area contributed by atoms with E-state index in [9.17, 15) is 13.2 Å². The van der Waals surface area contributed by atoms with Crippen LogP contribution in [0, 0.1) is 5.92 Å². The van der Waals surface area contributed by atoms with Crippen molar-refractivity contribution in [3.63, 3.8) is 0 Å². The van der Waals surface area contributed by atoms with Crippen molar-refractivity contribution in [3.8, 4) is 11.5 Å². The molecule has 3 aliphatic rings. The number of ether oxygens (including phenoxy) is 2. The maximum atomic E-state index is 13.4. The van der Waals surface area contributed by atoms with Crippen LogP contribution in [-0.4, -0.2) is 62.8 Å². The standard InChI is InChI=1S/C24H27N3O5S/c1-2-26(15-17-9-10-20-21(14-17)32-13-12-31-20)24(28)18-6-5-11-27(16-18)23-19-7-3-4-8-22(19)33(29,30)25-23/h3-4,7-10,14,18H,2,5-6,11-13,15-16H2,1H3. The summed E-state index contributed by atoms with van der Waals surface area (Å²) < 4.78 is 40.3. The lowest BCUT2D eigenvalue weighted by atomic mass is 9.95. The Morgan fingerprint density at radius 1 is 1.15 bits per heavy atom. The Bertz CT molecular complexity index is 1210. The number of carbonyl (C=O) groups excluding carboxylic acids is 1. The molecule has 33 heavy (non-hydrogen) atoms. The lowest BCUT2D eigenvalue weighted by Gasteiger charge is -2.36. The zero-order valence-corrected chi connectivity index (χ0v) is 19.4. The number of rotatable bonds is 4. The molecule has 0 spiro atoms. The molecule has 9 heteroatoms. The van der Waals surface area contributed by atoms with Crippen molar-refractivity contribution >= 4 is 21.8 Å². The van der Waals surface area contributed by atoms with E-state index in [-0.39, 0.29) is 16.7 Å². The van der Waals surface area contributed by atoms with Gasteiger partial charge in [-0.2, -0.15) is 8.42 Å². The number of sulfonamides is 1. The third-order valence-electron chi connectivity index (χ3n) is 6.36. The molecular weight excluding hydrogens is 442 g/mol. The molecule has 3 heterocycles. The van der Waals surface area contributed by atoms with Crippen LogP contribution in [0.1, 0.15) is 30.9 Å². The predicted octanol–water partition coefficient (Wildman–Crippen LogP) is 2.67. The lowest BCUT2D eigenvalue weighted by Crippen LogP contribution is -2.46. The van der Waals surface area contributed by atoms with E-state index in [1.807, 2.05) is 41.0 Å². The Labute approximate surface area is 193 Å². The molecule has 0 aromatic heterocycles. The highest BCUT2D eigenvalue weighted by molar-refractivity contribution is 7.90. The van der Waals surface area contributed by atoms with Crippen LogP contribution >= 0.6 is 0 Å². The van der Waals surface area contributed by atoms with Crippen molar-refractivity contribution in [2.45, 2.75) is 31.2 Å². The van der Waals surface area contributed by atoms with Crippen LogP contribution in [0.4, 0.5) is 0 Å². The topological polar surface area (TPSA) is 88.5 Å². The minimum atomic E-state index is -3.68. The first-order valence-electron chi connectivity index (χ1n) is 11.3. The molecule has 0 saturated carbocycles. The molecule has 1 atom stereocenters. The van der Waals surface area contributed by atoms with Gasteiger partial charge >= 0.3 is 0 Å². The first kappa shape index (κ1) is 21.8. The van der Waals surface area contributed by atoms with E-state index >= 15 is 0 Å². The maximum Gasteiger partial charge on any atom is 0.285 e. The molecule has 0 radical (unpaired) electrons. The van der Waals surface area contributed by atoms with Crippen molar-refractivity contribution in [1.29, 1.82) is 0 Å². The molecule has 3 aliphatic heterocycles. The molecule has 2 aromatic rings. The number of nitrogens with zero attached hydrogens (tertiary/aromatic N) is 3. The second-order valence-corrected chi connectivity index (χ2v) is 10.1. The summed E-state index contributed by atoms with van der Waals surface area (Å²) >= 11 is 0. The van der Waals surface area contributed by atoms with Crippen LogP contribution in [0.2, 0.25) is 0 Å². The molecule has 0 aliphatic carbocycles. The number of hydrogen-bond acceptors (Lipinski definition) is 6. The van der Waals surface area contributed by atoms with Crippen LogP contribution in [0.3, 0.4) is 0 Å². The smallest absolute Gasteiger partial charge is 0.285 e. The van der Waals surface area contributed by atoms with Crippen molar-refractivity contribution in [1.82, 2.24) is 9.80 Å². The van der Waals surface area contributed by atoms with E-state index in [4.69, 9.17) is 9.47 Å². The van der Waals surface area contributed by atoms with E-state index in [1.165, 1.54) is 0 Å². The largest absolute Gasteiger partial charge is 0.486 e. The number of carbonyl (C=O) groups is 1. The summed E-state index contributed by atoms with van der Waals surface area (Å²) in [4.78, 5) is 17.5. The molecule has 5 rings (SSSR count). The van der Waals surface area contributed by atoms with Gasteiger partial charge in [0.25, 0.3) is 10.0 Å². The highest BCUT2D eigenvalue weighted by atomic mass is 32.2. The Kier molecular flexibility index (Phi) is 5.74. The highest BCUT2D eigenvalue weighted by Gasteiger charge is 2.36. The number of fused-ring (bicyclic) bond motifs is 2. The van der Waals surface area contributed by atoms with Gasteiger partial charge in [-0.05, 0) is 49.6 Å². The SMILES string of the molecule is CCN(Cc1ccc2c(c1)OCCO2)C(=O)C1CCCN(C2=NS(=O)(=O)c3ccccc32)C1. The third-order valence-corrected chi connectivity index (χ3v) is 7.68. The highest BCUT2D eigenvalue weighted by Crippen LogP contribution is 2.32. The van der Waals surface area contributed by atoms with Gasteiger partial charge in [0, 0.05) is 31.7 Å². The van der Waals surface area contributed by atoms with Crippen LogP contribution in [0.25, 0.3) is 0 Å². The molecule has 1 saturated heterocycles. The van der Waals surface area contributed by atoms with Crippen LogP contribution in [0.5, 0.6) is 11.5 Å². The quantitative estimate of drug-likeness (QED) is 0.684. The average Bonchev–Trinajstić information content (AvgIpc) is 3.13. The molecule has 0 N–H and O–H groups in total. The van der Waals surface area contributed by atoms with Gasteiger partial charge in [0.15, 0.2) is 17.3 Å². The summed E-state index contributed by atoms with van der Waals surface area (Å²) in [7, 11) is -3.68. The first-order valence-corrected chi connectivity index (χ1v) is 12.8. The molecule has 1 amide bonds. The maximum absolute atomic E-state index is 13.4. The fraction of sp³-hybridized carbons (Fsp3) is 0.417. The predicted molar refractivity (Wildman–Crippen MR) is 123 cm³/mol. The third kappa shape index (κ3) is 4.17. The first-order chi connectivity index (χ1) is 16.0. The summed E-state index contributed by atoms with van der Waals surface area (Å²) in [5.74, 6) is 1.76. The van der Waals surface area contributed by atoms with Gasteiger partial charge < -0.3 is 19.3 Å². The van der Waals surface area contributed by atoms with Crippen molar-refractivity contribution in [2.75, 3.05) is 32.8 Å². The van der Waals surface area contributed by atoms with Gasteiger partial charge in [-0.1, -0.05) is 18.2 Å². The molecule has 2 aromatic carbocycles. The number of amidine groups is 1. The van der Waals surface area contributed by atoms with E-state index in [0.717, 1.165) is 24.2 Å². The Hall–Kier alpha value is -3.07. The summed E-state index contributed by atoms with van der Waals surface area (Å²) in [6.45, 7) is 5.25. The molecule has 1 unspecified atom stereocenters. The summed E-state index contributed by atoms with van der Waals surface area (Å²) in [6, 6.07) is 12.7. The second-order valence-electron chi connectivity index (χ2n) is 8.50. The van der Waals surface area contributed by atoms with E-state index in [1.54, 1.807) is 18.2 Å².